The summed E-state index contributed by atoms with van der Waals surface area (Å²) in [6.45, 7) is 4.10. The van der Waals surface area contributed by atoms with Crippen molar-refractivity contribution >= 4 is 5.91 Å². The first-order valence-electron chi connectivity index (χ1n) is 6.78. The van der Waals surface area contributed by atoms with Gasteiger partial charge in [0.05, 0.1) is 6.54 Å². The van der Waals surface area contributed by atoms with E-state index in [1.807, 2.05) is 11.9 Å². The van der Waals surface area contributed by atoms with Crippen LogP contribution in [0.4, 0.5) is 0 Å². The number of ether oxygens (including phenoxy) is 1. The van der Waals surface area contributed by atoms with E-state index in [-0.39, 0.29) is 5.91 Å². The van der Waals surface area contributed by atoms with Crippen molar-refractivity contribution in [3.8, 4) is 0 Å². The molecule has 1 saturated heterocycles. The van der Waals surface area contributed by atoms with E-state index in [9.17, 15) is 4.79 Å². The van der Waals surface area contributed by atoms with Crippen LogP contribution in [0.5, 0.6) is 0 Å². The van der Waals surface area contributed by atoms with Gasteiger partial charge in [-0.15, -0.1) is 0 Å². The Bertz CT molecular complexity index is 248. The number of likely N-dealkylation sites (N-methyl/N-ethyl adjacent to an activating group) is 1. The molecule has 0 aromatic carbocycles. The molecule has 98 valence electrons. The summed E-state index contributed by atoms with van der Waals surface area (Å²) in [6, 6.07) is 0. The van der Waals surface area contributed by atoms with Crippen LogP contribution in [-0.4, -0.2) is 50.7 Å². The lowest BCUT2D eigenvalue weighted by Gasteiger charge is -2.27. The molecule has 4 heteroatoms. The molecular weight excluding hydrogens is 216 g/mol. The maximum Gasteiger partial charge on any atom is 0.236 e. The number of hydrogen-bond donors (Lipinski definition) is 1. The fourth-order valence-corrected chi connectivity index (χ4v) is 2.26. The molecule has 0 bridgehead atoms. The third kappa shape index (κ3) is 4.64. The lowest BCUT2D eigenvalue weighted by atomic mass is 10.00. The van der Waals surface area contributed by atoms with Gasteiger partial charge in [-0.3, -0.25) is 4.79 Å². The number of amides is 1. The molecule has 1 aliphatic carbocycles. The molecule has 1 heterocycles. The summed E-state index contributed by atoms with van der Waals surface area (Å²) in [5.74, 6) is 1.68. The summed E-state index contributed by atoms with van der Waals surface area (Å²) >= 11 is 0. The number of nitrogens with one attached hydrogen (secondary N) is 1. The maximum absolute atomic E-state index is 11.9. The van der Waals surface area contributed by atoms with Gasteiger partial charge in [0.25, 0.3) is 0 Å². The van der Waals surface area contributed by atoms with Gasteiger partial charge in [-0.2, -0.15) is 0 Å². The third-order valence-corrected chi connectivity index (χ3v) is 3.70. The zero-order valence-electron chi connectivity index (χ0n) is 10.8. The first kappa shape index (κ1) is 12.8. The van der Waals surface area contributed by atoms with E-state index >= 15 is 0 Å². The van der Waals surface area contributed by atoms with Gasteiger partial charge in [-0.1, -0.05) is 0 Å². The molecule has 1 amide bonds. The van der Waals surface area contributed by atoms with E-state index in [4.69, 9.17) is 4.74 Å². The fourth-order valence-electron chi connectivity index (χ4n) is 2.26. The van der Waals surface area contributed by atoms with Gasteiger partial charge < -0.3 is 15.0 Å². The molecule has 0 aromatic rings. The van der Waals surface area contributed by atoms with Crippen LogP contribution < -0.4 is 5.32 Å². The van der Waals surface area contributed by atoms with Crippen LogP contribution in [0.3, 0.4) is 0 Å². The summed E-state index contributed by atoms with van der Waals surface area (Å²) in [4.78, 5) is 13.7. The molecule has 0 radical (unpaired) electrons. The molecule has 0 unspecified atom stereocenters. The van der Waals surface area contributed by atoms with Crippen LogP contribution in [-0.2, 0) is 9.53 Å². The first-order chi connectivity index (χ1) is 8.25. The van der Waals surface area contributed by atoms with Crippen LogP contribution in [0.15, 0.2) is 0 Å². The number of carbonyl (C=O) groups excluding carboxylic acids is 1. The smallest absolute Gasteiger partial charge is 0.236 e. The van der Waals surface area contributed by atoms with Crippen molar-refractivity contribution in [2.45, 2.75) is 25.7 Å². The van der Waals surface area contributed by atoms with E-state index in [1.54, 1.807) is 0 Å². The summed E-state index contributed by atoms with van der Waals surface area (Å²) in [7, 11) is 1.91. The Kier molecular flexibility index (Phi) is 4.80. The Hall–Kier alpha value is -0.610. The van der Waals surface area contributed by atoms with Gasteiger partial charge in [0.2, 0.25) is 5.91 Å². The quantitative estimate of drug-likeness (QED) is 0.749. The molecule has 0 spiro atoms. The van der Waals surface area contributed by atoms with E-state index < -0.39 is 0 Å². The van der Waals surface area contributed by atoms with Crippen LogP contribution in [0, 0.1) is 11.8 Å². The highest BCUT2D eigenvalue weighted by molar-refractivity contribution is 5.77. The van der Waals surface area contributed by atoms with Crippen molar-refractivity contribution in [3.63, 3.8) is 0 Å². The van der Waals surface area contributed by atoms with Crippen LogP contribution in [0.25, 0.3) is 0 Å². The standard InChI is InChI=1S/C13H24N2O2/c1-15(10-12-4-6-17-7-5-12)13(16)9-14-8-11-2-3-11/h11-12,14H,2-10H2,1H3. The lowest BCUT2D eigenvalue weighted by Crippen LogP contribution is -2.39. The molecular formula is C13H24N2O2. The molecule has 2 rings (SSSR count). The lowest BCUT2D eigenvalue weighted by molar-refractivity contribution is -0.129. The Labute approximate surface area is 104 Å². The summed E-state index contributed by atoms with van der Waals surface area (Å²) in [5.41, 5.74) is 0. The number of hydrogen-bond acceptors (Lipinski definition) is 3. The molecule has 4 nitrogen and oxygen atoms in total. The zero-order chi connectivity index (χ0) is 12.1. The minimum Gasteiger partial charge on any atom is -0.381 e. The Morgan fingerprint density at radius 2 is 1.94 bits per heavy atom. The van der Waals surface area contributed by atoms with Crippen molar-refractivity contribution in [1.29, 1.82) is 0 Å². The second kappa shape index (κ2) is 6.36. The summed E-state index contributed by atoms with van der Waals surface area (Å²) in [6.07, 6.45) is 4.85. The minimum atomic E-state index is 0.220. The Morgan fingerprint density at radius 3 is 2.59 bits per heavy atom. The van der Waals surface area contributed by atoms with E-state index in [0.29, 0.717) is 12.5 Å². The molecule has 1 aliphatic heterocycles. The van der Waals surface area contributed by atoms with Gasteiger partial charge in [-0.05, 0) is 44.1 Å². The second-order valence-electron chi connectivity index (χ2n) is 5.40. The second-order valence-corrected chi connectivity index (χ2v) is 5.40. The average molecular weight is 240 g/mol. The van der Waals surface area contributed by atoms with Gasteiger partial charge in [0.15, 0.2) is 0 Å². The SMILES string of the molecule is CN(CC1CCOCC1)C(=O)CNCC1CC1. The Morgan fingerprint density at radius 1 is 1.24 bits per heavy atom. The monoisotopic (exact) mass is 240 g/mol. The maximum atomic E-state index is 11.9. The van der Waals surface area contributed by atoms with Crippen molar-refractivity contribution < 1.29 is 9.53 Å². The topological polar surface area (TPSA) is 41.6 Å². The van der Waals surface area contributed by atoms with Crippen LogP contribution >= 0.6 is 0 Å². The molecule has 1 saturated carbocycles. The van der Waals surface area contributed by atoms with Crippen LogP contribution in [0.2, 0.25) is 0 Å². The predicted molar refractivity (Wildman–Crippen MR) is 66.8 cm³/mol. The molecule has 2 fully saturated rings. The van der Waals surface area contributed by atoms with Gasteiger partial charge in [0, 0.05) is 26.8 Å². The van der Waals surface area contributed by atoms with Crippen molar-refractivity contribution in [1.82, 2.24) is 10.2 Å². The molecule has 1 N–H and O–H groups in total. The highest BCUT2D eigenvalue weighted by atomic mass is 16.5. The average Bonchev–Trinajstić information content (AvgIpc) is 3.14. The van der Waals surface area contributed by atoms with E-state index in [2.05, 4.69) is 5.32 Å². The van der Waals surface area contributed by atoms with E-state index in [1.165, 1.54) is 12.8 Å². The van der Waals surface area contributed by atoms with Gasteiger partial charge in [-0.25, -0.2) is 0 Å². The highest BCUT2D eigenvalue weighted by Crippen LogP contribution is 2.27. The highest BCUT2D eigenvalue weighted by Gasteiger charge is 2.22. The fraction of sp³-hybridized carbons (Fsp3) is 0.923. The number of nitrogens with zero attached hydrogens (tertiary/aromatic N) is 1. The van der Waals surface area contributed by atoms with Gasteiger partial charge >= 0.3 is 0 Å². The molecule has 17 heavy (non-hydrogen) atoms. The van der Waals surface area contributed by atoms with Gasteiger partial charge in [0.1, 0.15) is 0 Å². The minimum absolute atomic E-state index is 0.220. The number of rotatable bonds is 6. The summed E-state index contributed by atoms with van der Waals surface area (Å²) in [5, 5.41) is 3.25. The van der Waals surface area contributed by atoms with Crippen LogP contribution in [0.1, 0.15) is 25.7 Å². The van der Waals surface area contributed by atoms with Crippen molar-refractivity contribution in [2.75, 3.05) is 39.9 Å². The Balaban J connectivity index is 1.59. The normalized spacial score (nSPS) is 21.5. The summed E-state index contributed by atoms with van der Waals surface area (Å²) < 4.78 is 5.32. The van der Waals surface area contributed by atoms with Crippen molar-refractivity contribution in [3.05, 3.63) is 0 Å². The first-order valence-corrected chi connectivity index (χ1v) is 6.78. The predicted octanol–water partition coefficient (Wildman–Crippen LogP) is 0.871. The van der Waals surface area contributed by atoms with E-state index in [0.717, 1.165) is 45.1 Å². The van der Waals surface area contributed by atoms with Crippen molar-refractivity contribution in [2.24, 2.45) is 11.8 Å². The molecule has 0 aromatic heterocycles. The largest absolute Gasteiger partial charge is 0.381 e. The molecule has 2 aliphatic rings. The molecule has 0 atom stereocenters. The third-order valence-electron chi connectivity index (χ3n) is 3.70. The number of carbonyl (C=O) groups is 1. The zero-order valence-corrected chi connectivity index (χ0v) is 10.8.